The van der Waals surface area contributed by atoms with Gasteiger partial charge in [0.25, 0.3) is 5.56 Å². The number of aromatic nitrogens is 3. The molecule has 5 nitrogen and oxygen atoms in total. The number of halogens is 1. The van der Waals surface area contributed by atoms with Crippen molar-refractivity contribution in [2.45, 2.75) is 13.5 Å². The summed E-state index contributed by atoms with van der Waals surface area (Å²) in [5, 5.41) is 9.07. The van der Waals surface area contributed by atoms with Gasteiger partial charge in [-0.3, -0.25) is 9.78 Å². The number of rotatable bonds is 3. The highest BCUT2D eigenvalue weighted by molar-refractivity contribution is 6.32. The van der Waals surface area contributed by atoms with Gasteiger partial charge in [0.2, 0.25) is 0 Å². The van der Waals surface area contributed by atoms with Gasteiger partial charge in [-0.15, -0.1) is 0 Å². The Labute approximate surface area is 103 Å². The van der Waals surface area contributed by atoms with Crippen LogP contribution >= 0.6 is 11.6 Å². The van der Waals surface area contributed by atoms with Crippen LogP contribution in [0.5, 0.6) is 0 Å². The molecular weight excluding hydrogens is 240 g/mol. The van der Waals surface area contributed by atoms with Crippen LogP contribution in [0, 0.1) is 6.92 Å². The van der Waals surface area contributed by atoms with Gasteiger partial charge >= 0.3 is 0 Å². The maximum Gasteiger partial charge on any atom is 0.285 e. The zero-order valence-electron chi connectivity index (χ0n) is 9.20. The molecule has 0 aliphatic heterocycles. The van der Waals surface area contributed by atoms with E-state index < -0.39 is 5.56 Å². The number of aromatic amines is 1. The monoisotopic (exact) mass is 250 g/mol. The SMILES string of the molecule is Cc1cccnc1CNc1cn[nH]c(=O)c1Cl. The van der Waals surface area contributed by atoms with E-state index in [1.54, 1.807) is 6.20 Å². The lowest BCUT2D eigenvalue weighted by Crippen LogP contribution is -2.12. The first-order valence-corrected chi connectivity index (χ1v) is 5.44. The summed E-state index contributed by atoms with van der Waals surface area (Å²) in [6, 6.07) is 3.85. The van der Waals surface area contributed by atoms with Gasteiger partial charge in [0.15, 0.2) is 0 Å². The van der Waals surface area contributed by atoms with E-state index in [2.05, 4.69) is 20.5 Å². The molecule has 0 saturated carbocycles. The topological polar surface area (TPSA) is 70.7 Å². The Hall–Kier alpha value is -1.88. The number of nitrogens with one attached hydrogen (secondary N) is 2. The molecule has 0 fully saturated rings. The first-order chi connectivity index (χ1) is 8.18. The summed E-state index contributed by atoms with van der Waals surface area (Å²) in [4.78, 5) is 15.4. The number of hydrogen-bond donors (Lipinski definition) is 2. The maximum absolute atomic E-state index is 11.2. The summed E-state index contributed by atoms with van der Waals surface area (Å²) < 4.78 is 0. The number of H-pyrrole nitrogens is 1. The molecule has 0 aromatic carbocycles. The lowest BCUT2D eigenvalue weighted by Gasteiger charge is -2.08. The van der Waals surface area contributed by atoms with Gasteiger partial charge in [-0.2, -0.15) is 5.10 Å². The van der Waals surface area contributed by atoms with E-state index in [1.165, 1.54) is 6.20 Å². The molecule has 2 heterocycles. The molecule has 0 saturated heterocycles. The van der Waals surface area contributed by atoms with Crippen LogP contribution in [0.4, 0.5) is 5.69 Å². The average Bonchev–Trinajstić information content (AvgIpc) is 2.33. The van der Waals surface area contributed by atoms with Gasteiger partial charge in [0.05, 0.1) is 24.1 Å². The summed E-state index contributed by atoms with van der Waals surface area (Å²) in [6.07, 6.45) is 3.20. The van der Waals surface area contributed by atoms with Crippen molar-refractivity contribution >= 4 is 17.3 Å². The largest absolute Gasteiger partial charge is 0.377 e. The highest BCUT2D eigenvalue weighted by Gasteiger charge is 2.05. The van der Waals surface area contributed by atoms with Crippen molar-refractivity contribution in [3.8, 4) is 0 Å². The third kappa shape index (κ3) is 2.62. The summed E-state index contributed by atoms with van der Waals surface area (Å²) in [6.45, 7) is 2.47. The smallest absolute Gasteiger partial charge is 0.285 e. The van der Waals surface area contributed by atoms with Crippen molar-refractivity contribution in [1.82, 2.24) is 15.2 Å². The van der Waals surface area contributed by atoms with Crippen molar-refractivity contribution in [2.75, 3.05) is 5.32 Å². The van der Waals surface area contributed by atoms with Crippen molar-refractivity contribution in [3.05, 3.63) is 51.2 Å². The predicted molar refractivity (Wildman–Crippen MR) is 66.2 cm³/mol. The Morgan fingerprint density at radius 3 is 3.12 bits per heavy atom. The van der Waals surface area contributed by atoms with Crippen molar-refractivity contribution < 1.29 is 0 Å². The second-order valence-electron chi connectivity index (χ2n) is 3.55. The molecule has 0 radical (unpaired) electrons. The highest BCUT2D eigenvalue weighted by Crippen LogP contribution is 2.15. The molecule has 0 spiro atoms. The minimum absolute atomic E-state index is 0.105. The molecule has 2 aromatic rings. The van der Waals surface area contributed by atoms with E-state index in [1.807, 2.05) is 19.1 Å². The van der Waals surface area contributed by atoms with Crippen LogP contribution in [-0.2, 0) is 6.54 Å². The van der Waals surface area contributed by atoms with E-state index in [0.717, 1.165) is 11.3 Å². The van der Waals surface area contributed by atoms with Crippen LogP contribution in [0.1, 0.15) is 11.3 Å². The summed E-state index contributed by atoms with van der Waals surface area (Å²) in [5.41, 5.74) is 2.08. The molecule has 2 N–H and O–H groups in total. The van der Waals surface area contributed by atoms with Crippen molar-refractivity contribution in [2.24, 2.45) is 0 Å². The summed E-state index contributed by atoms with van der Waals surface area (Å²) in [7, 11) is 0. The highest BCUT2D eigenvalue weighted by atomic mass is 35.5. The molecule has 0 aliphatic carbocycles. The average molecular weight is 251 g/mol. The van der Waals surface area contributed by atoms with Crippen molar-refractivity contribution in [1.29, 1.82) is 0 Å². The summed E-state index contributed by atoms with van der Waals surface area (Å²) in [5.74, 6) is 0. The van der Waals surface area contributed by atoms with Crippen LogP contribution in [0.25, 0.3) is 0 Å². The van der Waals surface area contributed by atoms with E-state index in [4.69, 9.17) is 11.6 Å². The predicted octanol–water partition coefficient (Wildman–Crippen LogP) is 1.74. The third-order valence-electron chi connectivity index (χ3n) is 2.36. The molecule has 17 heavy (non-hydrogen) atoms. The van der Waals surface area contributed by atoms with Crippen molar-refractivity contribution in [3.63, 3.8) is 0 Å². The second-order valence-corrected chi connectivity index (χ2v) is 3.93. The summed E-state index contributed by atoms with van der Waals surface area (Å²) >= 11 is 5.83. The van der Waals surface area contributed by atoms with Gasteiger partial charge < -0.3 is 5.32 Å². The number of hydrogen-bond acceptors (Lipinski definition) is 4. The molecule has 0 amide bonds. The van der Waals surface area contributed by atoms with E-state index >= 15 is 0 Å². The van der Waals surface area contributed by atoms with E-state index in [9.17, 15) is 4.79 Å². The van der Waals surface area contributed by atoms with Gasteiger partial charge in [-0.1, -0.05) is 17.7 Å². The molecular formula is C11H11ClN4O. The number of aryl methyl sites for hydroxylation is 1. The number of pyridine rings is 1. The Bertz CT molecular complexity index is 582. The first kappa shape index (κ1) is 11.6. The van der Waals surface area contributed by atoms with Crippen LogP contribution in [-0.4, -0.2) is 15.2 Å². The molecule has 2 aromatic heterocycles. The maximum atomic E-state index is 11.2. The Balaban J connectivity index is 2.16. The second kappa shape index (κ2) is 4.97. The molecule has 88 valence electrons. The molecule has 0 bridgehead atoms. The molecule has 0 aliphatic rings. The van der Waals surface area contributed by atoms with Crippen LogP contribution in [0.3, 0.4) is 0 Å². The lowest BCUT2D eigenvalue weighted by atomic mass is 10.2. The Morgan fingerprint density at radius 2 is 2.35 bits per heavy atom. The van der Waals surface area contributed by atoms with Gasteiger partial charge in [-0.05, 0) is 18.6 Å². The van der Waals surface area contributed by atoms with Gasteiger partial charge in [0, 0.05) is 6.20 Å². The lowest BCUT2D eigenvalue weighted by molar-refractivity contribution is 0.969. The zero-order valence-corrected chi connectivity index (χ0v) is 9.95. The number of nitrogens with zero attached hydrogens (tertiary/aromatic N) is 2. The minimum Gasteiger partial charge on any atom is -0.377 e. The first-order valence-electron chi connectivity index (χ1n) is 5.06. The van der Waals surface area contributed by atoms with E-state index in [-0.39, 0.29) is 5.02 Å². The van der Waals surface area contributed by atoms with E-state index in [0.29, 0.717) is 12.2 Å². The molecule has 2 rings (SSSR count). The molecule has 6 heteroatoms. The molecule has 0 unspecified atom stereocenters. The fraction of sp³-hybridized carbons (Fsp3) is 0.182. The number of anilines is 1. The Morgan fingerprint density at radius 1 is 1.53 bits per heavy atom. The molecule has 0 atom stereocenters. The van der Waals surface area contributed by atoms with Crippen LogP contribution < -0.4 is 10.9 Å². The standard InChI is InChI=1S/C11H11ClN4O/c1-7-3-2-4-13-8(7)5-14-9-6-15-16-11(17)10(9)12/h2-4,6H,5H2,1H3,(H2,14,16,17). The van der Waals surface area contributed by atoms with Gasteiger partial charge in [-0.25, -0.2) is 5.10 Å². The third-order valence-corrected chi connectivity index (χ3v) is 2.73. The fourth-order valence-electron chi connectivity index (χ4n) is 1.39. The fourth-order valence-corrected chi connectivity index (χ4v) is 1.55. The quantitative estimate of drug-likeness (QED) is 0.871. The normalized spacial score (nSPS) is 10.2. The van der Waals surface area contributed by atoms with Gasteiger partial charge in [0.1, 0.15) is 5.02 Å². The minimum atomic E-state index is -0.408. The zero-order chi connectivity index (χ0) is 12.3. The Kier molecular flexibility index (Phi) is 3.39. The van der Waals surface area contributed by atoms with Crippen LogP contribution in [0.2, 0.25) is 5.02 Å². The van der Waals surface area contributed by atoms with Crippen LogP contribution in [0.15, 0.2) is 29.3 Å².